The maximum atomic E-state index is 7.35. The van der Waals surface area contributed by atoms with Gasteiger partial charge < -0.3 is 14.2 Å². The lowest BCUT2D eigenvalue weighted by Gasteiger charge is -2.43. The Hall–Kier alpha value is -9.58. The smallest absolute Gasteiger partial charge is 0.257 e. The summed E-state index contributed by atoms with van der Waals surface area (Å²) in [6, 6.07) is 96.9. The van der Waals surface area contributed by atoms with Gasteiger partial charge in [-0.15, -0.1) is 0 Å². The second kappa shape index (κ2) is 20.6. The van der Waals surface area contributed by atoms with Crippen LogP contribution in [0.3, 0.4) is 0 Å². The molecule has 85 heavy (non-hydrogen) atoms. The van der Waals surface area contributed by atoms with E-state index < -0.39 is 0 Å². The van der Waals surface area contributed by atoms with Gasteiger partial charge in [0, 0.05) is 56.1 Å². The van der Waals surface area contributed by atoms with Gasteiger partial charge in [-0.25, -0.2) is 0 Å². The molecule has 414 valence electrons. The number of para-hydroxylation sites is 1. The monoisotopic (exact) mass is 1100 g/mol. The van der Waals surface area contributed by atoms with Gasteiger partial charge in [-0.05, 0) is 156 Å². The molecule has 0 saturated carbocycles. The van der Waals surface area contributed by atoms with E-state index in [-0.39, 0.29) is 23.0 Å². The number of benzene rings is 11. The van der Waals surface area contributed by atoms with Crippen LogP contribution >= 0.6 is 0 Å². The largest absolute Gasteiger partial charge is 0.440 e. The number of furan rings is 1. The molecule has 0 N–H and O–H groups in total. The summed E-state index contributed by atoms with van der Waals surface area (Å²) in [5.74, 6) is 0.839. The van der Waals surface area contributed by atoms with Crippen molar-refractivity contribution < 1.29 is 4.42 Å². The summed E-state index contributed by atoms with van der Waals surface area (Å²) in [5, 5.41) is 1.10. The summed E-state index contributed by atoms with van der Waals surface area (Å²) < 4.78 is 7.35. The Bertz CT molecular complexity index is 4450. The third-order valence-electron chi connectivity index (χ3n) is 17.6. The van der Waals surface area contributed by atoms with Crippen molar-refractivity contribution in [3.05, 3.63) is 278 Å². The van der Waals surface area contributed by atoms with E-state index in [0.29, 0.717) is 0 Å². The highest BCUT2D eigenvalue weighted by molar-refractivity contribution is 7.01. The lowest BCUT2D eigenvalue weighted by molar-refractivity contribution is 0.590. The Morgan fingerprint density at radius 2 is 0.835 bits per heavy atom. The van der Waals surface area contributed by atoms with Gasteiger partial charge in [-0.1, -0.05) is 244 Å². The zero-order valence-electron chi connectivity index (χ0n) is 50.2. The first kappa shape index (κ1) is 53.4. The molecule has 14 rings (SSSR count). The van der Waals surface area contributed by atoms with Crippen LogP contribution in [0.5, 0.6) is 0 Å². The van der Waals surface area contributed by atoms with Crippen LogP contribution in [0.15, 0.2) is 265 Å². The first-order valence-electron chi connectivity index (χ1n) is 30.0. The summed E-state index contributed by atoms with van der Waals surface area (Å²) in [6.45, 7) is 20.3. The molecule has 3 heterocycles. The van der Waals surface area contributed by atoms with Crippen molar-refractivity contribution in [2.75, 3.05) is 14.7 Å². The van der Waals surface area contributed by atoms with Crippen LogP contribution < -0.4 is 31.1 Å². The van der Waals surface area contributed by atoms with E-state index >= 15 is 0 Å². The van der Waals surface area contributed by atoms with E-state index in [2.05, 4.69) is 338 Å². The Balaban J connectivity index is 1.07. The Morgan fingerprint density at radius 3 is 1.45 bits per heavy atom. The molecule has 1 aromatic heterocycles. The van der Waals surface area contributed by atoms with Crippen LogP contribution in [0.4, 0.5) is 51.4 Å². The zero-order chi connectivity index (χ0) is 58.4. The molecule has 0 aliphatic carbocycles. The van der Waals surface area contributed by atoms with E-state index in [4.69, 9.17) is 4.42 Å². The molecule has 0 radical (unpaired) electrons. The topological polar surface area (TPSA) is 22.9 Å². The van der Waals surface area contributed by atoms with E-state index in [1.165, 1.54) is 44.3 Å². The fourth-order valence-electron chi connectivity index (χ4n) is 13.0. The molecule has 0 spiro atoms. The summed E-state index contributed by atoms with van der Waals surface area (Å²) in [5.41, 5.74) is 26.2. The molecule has 0 atom stereocenters. The SMILES string of the molecule is CC(C)(C)c1ccc(-c2ccccc2N(c2ccc(C(C)(C)C)cc2)c2ccc3c(c2)N(c2ccc(-c4ccccc4)cc2-c2ccccc2)c2cccc4c2B3c2c(oc3ccc(-c5ccccc5)cc23)N4c2ccc(C(C)(C)C)cc2)cc1. The third-order valence-corrected chi connectivity index (χ3v) is 17.6. The predicted octanol–water partition coefficient (Wildman–Crippen LogP) is 20.5. The van der Waals surface area contributed by atoms with Gasteiger partial charge in [0.25, 0.3) is 6.71 Å². The molecular formula is C80H70BN3O. The molecule has 0 bridgehead atoms. The number of anilines is 9. The zero-order valence-corrected chi connectivity index (χ0v) is 50.2. The molecule has 4 nitrogen and oxygen atoms in total. The molecule has 5 heteroatoms. The summed E-state index contributed by atoms with van der Waals surface area (Å²) in [6.07, 6.45) is 0. The van der Waals surface area contributed by atoms with Crippen molar-refractivity contribution in [3.8, 4) is 44.5 Å². The highest BCUT2D eigenvalue weighted by Gasteiger charge is 2.47. The Kier molecular flexibility index (Phi) is 13.0. The lowest BCUT2D eigenvalue weighted by atomic mass is 9.33. The quantitative estimate of drug-likeness (QED) is 0.134. The second-order valence-electron chi connectivity index (χ2n) is 26.2. The third kappa shape index (κ3) is 9.53. The molecule has 0 saturated heterocycles. The number of fused-ring (bicyclic) bond motifs is 6. The number of hydrogen-bond acceptors (Lipinski definition) is 4. The van der Waals surface area contributed by atoms with Gasteiger partial charge >= 0.3 is 0 Å². The van der Waals surface area contributed by atoms with Crippen molar-refractivity contribution >= 4 is 85.5 Å². The summed E-state index contributed by atoms with van der Waals surface area (Å²) in [7, 11) is 0. The second-order valence-corrected chi connectivity index (χ2v) is 26.2. The molecule has 2 aliphatic heterocycles. The highest BCUT2D eigenvalue weighted by Crippen LogP contribution is 2.51. The van der Waals surface area contributed by atoms with Crippen LogP contribution in [0, 0.1) is 0 Å². The van der Waals surface area contributed by atoms with Crippen LogP contribution in [-0.4, -0.2) is 6.71 Å². The van der Waals surface area contributed by atoms with Crippen molar-refractivity contribution in [2.45, 2.75) is 78.6 Å². The lowest BCUT2D eigenvalue weighted by Crippen LogP contribution is -2.61. The molecule has 11 aromatic carbocycles. The van der Waals surface area contributed by atoms with Crippen LogP contribution in [0.1, 0.15) is 79.0 Å². The van der Waals surface area contributed by atoms with Crippen molar-refractivity contribution in [2.24, 2.45) is 0 Å². The van der Waals surface area contributed by atoms with Crippen LogP contribution in [0.2, 0.25) is 0 Å². The number of hydrogen-bond donors (Lipinski definition) is 0. The van der Waals surface area contributed by atoms with Gasteiger partial charge in [0.1, 0.15) is 5.58 Å². The van der Waals surface area contributed by atoms with E-state index in [1.807, 2.05) is 0 Å². The Morgan fingerprint density at radius 1 is 0.341 bits per heavy atom. The summed E-state index contributed by atoms with van der Waals surface area (Å²) in [4.78, 5) is 7.45. The first-order valence-corrected chi connectivity index (χ1v) is 30.0. The normalized spacial score (nSPS) is 12.9. The van der Waals surface area contributed by atoms with Crippen molar-refractivity contribution in [1.82, 2.24) is 0 Å². The minimum absolute atomic E-state index is 0.0172. The molecule has 0 amide bonds. The average Bonchev–Trinajstić information content (AvgIpc) is 2.18. The fourth-order valence-corrected chi connectivity index (χ4v) is 13.0. The Labute approximate surface area is 502 Å². The van der Waals surface area contributed by atoms with E-state index in [9.17, 15) is 0 Å². The molecule has 2 aliphatic rings. The van der Waals surface area contributed by atoms with Gasteiger partial charge in [0.15, 0.2) is 0 Å². The van der Waals surface area contributed by atoms with Crippen LogP contribution in [0.25, 0.3) is 55.5 Å². The van der Waals surface area contributed by atoms with Crippen molar-refractivity contribution in [1.29, 1.82) is 0 Å². The number of rotatable bonds is 9. The van der Waals surface area contributed by atoms with E-state index in [0.717, 1.165) is 95.6 Å². The molecule has 0 fully saturated rings. The minimum atomic E-state index is -0.212. The predicted molar refractivity (Wildman–Crippen MR) is 363 cm³/mol. The van der Waals surface area contributed by atoms with Gasteiger partial charge in [0.05, 0.1) is 11.4 Å². The fraction of sp³-hybridized carbons (Fsp3) is 0.150. The van der Waals surface area contributed by atoms with Crippen molar-refractivity contribution in [3.63, 3.8) is 0 Å². The first-order chi connectivity index (χ1) is 41.1. The molecular weight excluding hydrogens is 1030 g/mol. The molecule has 12 aromatic rings. The maximum Gasteiger partial charge on any atom is 0.257 e. The minimum Gasteiger partial charge on any atom is -0.440 e. The molecule has 0 unspecified atom stereocenters. The van der Waals surface area contributed by atoms with Gasteiger partial charge in [-0.2, -0.15) is 0 Å². The van der Waals surface area contributed by atoms with Crippen LogP contribution in [-0.2, 0) is 16.2 Å². The summed E-state index contributed by atoms with van der Waals surface area (Å²) >= 11 is 0. The van der Waals surface area contributed by atoms with E-state index in [1.54, 1.807) is 0 Å². The number of nitrogens with zero attached hydrogens (tertiary/aromatic N) is 3. The standard InChI is InChI=1S/C80H70BN3O/c1-78(2,3)59-36-32-56(33-37-59)65-28-19-20-29-69(65)82(62-42-38-60(39-43-62)79(4,5)6)64-46-47-68-73(52-64)84(70-48-34-57(53-22-13-10-14-23-53)50-66(70)55-26-17-12-18-27-55)72-31-21-30-71-76(72)81(68)75-67-51-58(54-24-15-11-16-25-54)35-49-74(67)85-77(75)83(71)63-44-40-61(41-45-63)80(7,8)9/h10-52H,1-9H3. The average molecular weight is 1100 g/mol. The van der Waals surface area contributed by atoms with Gasteiger partial charge in [0.2, 0.25) is 5.88 Å². The maximum absolute atomic E-state index is 7.35. The highest BCUT2D eigenvalue weighted by atomic mass is 16.4. The van der Waals surface area contributed by atoms with Gasteiger partial charge in [-0.3, -0.25) is 4.90 Å².